The second-order valence-electron chi connectivity index (χ2n) is 7.19. The Morgan fingerprint density at radius 1 is 1.23 bits per heavy atom. The number of ether oxygens (including phenoxy) is 2. The summed E-state index contributed by atoms with van der Waals surface area (Å²) in [6, 6.07) is 6.33. The molecule has 1 unspecified atom stereocenters. The molecular formula is C20H34N4O2. The van der Waals surface area contributed by atoms with Gasteiger partial charge >= 0.3 is 0 Å². The molecular weight excluding hydrogens is 328 g/mol. The number of guanidine groups is 1. The van der Waals surface area contributed by atoms with Crippen molar-refractivity contribution in [1.82, 2.24) is 10.2 Å². The minimum Gasteiger partial charge on any atom is -0.493 e. The summed E-state index contributed by atoms with van der Waals surface area (Å²) in [6.07, 6.45) is 3.86. The van der Waals surface area contributed by atoms with Crippen LogP contribution in [0.2, 0.25) is 0 Å². The molecule has 1 aliphatic heterocycles. The first-order valence-electron chi connectivity index (χ1n) is 9.51. The molecule has 6 nitrogen and oxygen atoms in total. The smallest absolute Gasteiger partial charge is 0.195 e. The van der Waals surface area contributed by atoms with Crippen LogP contribution in [-0.4, -0.2) is 57.8 Å². The molecule has 1 atom stereocenters. The van der Waals surface area contributed by atoms with E-state index in [0.29, 0.717) is 23.5 Å². The van der Waals surface area contributed by atoms with Gasteiger partial charge in [-0.1, -0.05) is 20.3 Å². The molecule has 0 amide bonds. The summed E-state index contributed by atoms with van der Waals surface area (Å²) in [5.74, 6) is 2.88. The Morgan fingerprint density at radius 2 is 2.00 bits per heavy atom. The molecule has 0 spiro atoms. The van der Waals surface area contributed by atoms with E-state index in [1.54, 1.807) is 21.3 Å². The Hall–Kier alpha value is -1.95. The van der Waals surface area contributed by atoms with Crippen molar-refractivity contribution in [3.05, 3.63) is 18.2 Å². The number of nitrogens with one attached hydrogen (secondary N) is 2. The third-order valence-electron chi connectivity index (χ3n) is 4.72. The highest BCUT2D eigenvalue weighted by atomic mass is 16.5. The molecule has 1 aliphatic rings. The fourth-order valence-electron chi connectivity index (χ4n) is 3.44. The molecule has 26 heavy (non-hydrogen) atoms. The Morgan fingerprint density at radius 3 is 2.65 bits per heavy atom. The molecule has 1 aromatic carbocycles. The summed E-state index contributed by atoms with van der Waals surface area (Å²) in [4.78, 5) is 6.97. The van der Waals surface area contributed by atoms with Crippen LogP contribution < -0.4 is 20.1 Å². The van der Waals surface area contributed by atoms with Crippen LogP contribution in [0.3, 0.4) is 0 Å². The number of benzene rings is 1. The van der Waals surface area contributed by atoms with Crippen molar-refractivity contribution in [2.24, 2.45) is 10.9 Å². The van der Waals surface area contributed by atoms with Crippen molar-refractivity contribution in [3.8, 4) is 11.5 Å². The average Bonchev–Trinajstić information content (AvgIpc) is 2.65. The van der Waals surface area contributed by atoms with Gasteiger partial charge in [-0.3, -0.25) is 9.89 Å². The summed E-state index contributed by atoms with van der Waals surface area (Å²) >= 11 is 0. The molecule has 0 radical (unpaired) electrons. The number of rotatable bonds is 7. The average molecular weight is 363 g/mol. The Bertz CT molecular complexity index is 589. The third-order valence-corrected chi connectivity index (χ3v) is 4.72. The van der Waals surface area contributed by atoms with E-state index in [9.17, 15) is 0 Å². The second-order valence-corrected chi connectivity index (χ2v) is 7.19. The van der Waals surface area contributed by atoms with E-state index < -0.39 is 0 Å². The van der Waals surface area contributed by atoms with E-state index in [-0.39, 0.29) is 0 Å². The predicted octanol–water partition coefficient (Wildman–Crippen LogP) is 3.20. The largest absolute Gasteiger partial charge is 0.493 e. The Labute approximate surface area is 158 Å². The number of methoxy groups -OCH3 is 2. The van der Waals surface area contributed by atoms with Gasteiger partial charge in [-0.2, -0.15) is 0 Å². The summed E-state index contributed by atoms with van der Waals surface area (Å²) < 4.78 is 10.7. The lowest BCUT2D eigenvalue weighted by atomic mass is 10.0. The van der Waals surface area contributed by atoms with Crippen molar-refractivity contribution in [3.63, 3.8) is 0 Å². The third kappa shape index (κ3) is 5.80. The lowest BCUT2D eigenvalue weighted by molar-refractivity contribution is 0.133. The number of hydrogen-bond acceptors (Lipinski definition) is 4. The molecule has 1 heterocycles. The van der Waals surface area contributed by atoms with Crippen LogP contribution in [0.25, 0.3) is 0 Å². The van der Waals surface area contributed by atoms with Crippen molar-refractivity contribution < 1.29 is 9.47 Å². The Kier molecular flexibility index (Phi) is 8.04. The van der Waals surface area contributed by atoms with Gasteiger partial charge in [0, 0.05) is 37.9 Å². The zero-order valence-corrected chi connectivity index (χ0v) is 16.8. The van der Waals surface area contributed by atoms with Gasteiger partial charge in [0.25, 0.3) is 0 Å². The monoisotopic (exact) mass is 362 g/mol. The number of likely N-dealkylation sites (tertiary alicyclic amines) is 1. The first-order valence-corrected chi connectivity index (χ1v) is 9.51. The van der Waals surface area contributed by atoms with Crippen LogP contribution in [0.5, 0.6) is 11.5 Å². The van der Waals surface area contributed by atoms with E-state index in [1.807, 2.05) is 18.2 Å². The second kappa shape index (κ2) is 10.3. The fraction of sp³-hybridized carbons (Fsp3) is 0.650. The van der Waals surface area contributed by atoms with Gasteiger partial charge in [0.2, 0.25) is 0 Å². The van der Waals surface area contributed by atoms with Crippen molar-refractivity contribution >= 4 is 11.6 Å². The van der Waals surface area contributed by atoms with Crippen LogP contribution in [0, 0.1) is 5.92 Å². The van der Waals surface area contributed by atoms with E-state index in [4.69, 9.17) is 9.47 Å². The summed E-state index contributed by atoms with van der Waals surface area (Å²) in [5.41, 5.74) is 0.915. The lowest BCUT2D eigenvalue weighted by Gasteiger charge is -2.37. The van der Waals surface area contributed by atoms with Gasteiger partial charge in [0.05, 0.1) is 14.2 Å². The number of aliphatic imine (C=N–C) groups is 1. The van der Waals surface area contributed by atoms with Gasteiger partial charge in [0.1, 0.15) is 0 Å². The highest BCUT2D eigenvalue weighted by Gasteiger charge is 2.23. The van der Waals surface area contributed by atoms with E-state index in [0.717, 1.165) is 24.7 Å². The highest BCUT2D eigenvalue weighted by Crippen LogP contribution is 2.29. The van der Waals surface area contributed by atoms with Crippen LogP contribution in [-0.2, 0) is 0 Å². The molecule has 1 saturated heterocycles. The molecule has 0 bridgehead atoms. The normalized spacial score (nSPS) is 18.7. The summed E-state index contributed by atoms with van der Waals surface area (Å²) in [5, 5.41) is 6.82. The van der Waals surface area contributed by atoms with Crippen molar-refractivity contribution in [1.29, 1.82) is 0 Å². The number of anilines is 1. The minimum absolute atomic E-state index is 0.565. The van der Waals surface area contributed by atoms with E-state index >= 15 is 0 Å². The first kappa shape index (κ1) is 20.4. The quantitative estimate of drug-likeness (QED) is 0.576. The van der Waals surface area contributed by atoms with E-state index in [1.165, 1.54) is 25.8 Å². The molecule has 1 fully saturated rings. The molecule has 0 aromatic heterocycles. The molecule has 6 heteroatoms. The topological polar surface area (TPSA) is 58.1 Å². The molecule has 2 rings (SSSR count). The molecule has 0 saturated carbocycles. The molecule has 0 aliphatic carbocycles. The van der Waals surface area contributed by atoms with Gasteiger partial charge in [-0.05, 0) is 37.4 Å². The summed E-state index contributed by atoms with van der Waals surface area (Å²) in [7, 11) is 5.07. The van der Waals surface area contributed by atoms with Crippen LogP contribution in [0.1, 0.15) is 33.1 Å². The van der Waals surface area contributed by atoms with Gasteiger partial charge in [-0.25, -0.2) is 0 Å². The van der Waals surface area contributed by atoms with Gasteiger partial charge < -0.3 is 20.1 Å². The highest BCUT2D eigenvalue weighted by molar-refractivity contribution is 5.93. The standard InChI is InChI=1S/C20H34N4O2/c1-15(2)14-24-11-7-6-8-17(24)13-22-20(21-3)23-16-9-10-18(25-4)19(12-16)26-5/h9-10,12,15,17H,6-8,11,13-14H2,1-5H3,(H2,21,22,23). The van der Waals surface area contributed by atoms with Crippen molar-refractivity contribution in [2.45, 2.75) is 39.2 Å². The molecule has 146 valence electrons. The van der Waals surface area contributed by atoms with Crippen LogP contribution >= 0.6 is 0 Å². The van der Waals surface area contributed by atoms with Crippen LogP contribution in [0.4, 0.5) is 5.69 Å². The maximum Gasteiger partial charge on any atom is 0.195 e. The maximum atomic E-state index is 5.37. The fourth-order valence-corrected chi connectivity index (χ4v) is 3.44. The summed E-state index contributed by atoms with van der Waals surface area (Å²) in [6.45, 7) is 7.84. The molecule has 2 N–H and O–H groups in total. The molecule has 1 aromatic rings. The number of hydrogen-bond donors (Lipinski definition) is 2. The SMILES string of the molecule is CN=C(NCC1CCCCN1CC(C)C)Nc1ccc(OC)c(OC)c1. The van der Waals surface area contributed by atoms with Crippen molar-refractivity contribution in [2.75, 3.05) is 46.2 Å². The first-order chi connectivity index (χ1) is 12.6. The number of nitrogens with zero attached hydrogens (tertiary/aromatic N) is 2. The minimum atomic E-state index is 0.565. The zero-order chi connectivity index (χ0) is 18.9. The van der Waals surface area contributed by atoms with Gasteiger partial charge in [0.15, 0.2) is 17.5 Å². The van der Waals surface area contributed by atoms with Gasteiger partial charge in [-0.15, -0.1) is 0 Å². The number of piperidine rings is 1. The maximum absolute atomic E-state index is 5.37. The van der Waals surface area contributed by atoms with E-state index in [2.05, 4.69) is 34.4 Å². The Balaban J connectivity index is 1.95. The van der Waals surface area contributed by atoms with Crippen LogP contribution in [0.15, 0.2) is 23.2 Å². The lowest BCUT2D eigenvalue weighted by Crippen LogP contribution is -2.48. The predicted molar refractivity (Wildman–Crippen MR) is 109 cm³/mol. The zero-order valence-electron chi connectivity index (χ0n) is 16.8.